The Kier molecular flexibility index (Phi) is 3.58. The first-order chi connectivity index (χ1) is 14.1. The highest BCUT2D eigenvalue weighted by atomic mass is 16.1. The predicted molar refractivity (Wildman–Crippen MR) is 112 cm³/mol. The topological polar surface area (TPSA) is 80.2 Å². The lowest BCUT2D eigenvalue weighted by Crippen LogP contribution is -2.26. The van der Waals surface area contributed by atoms with Crippen LogP contribution in [0.25, 0.3) is 33.1 Å². The number of nitrogens with zero attached hydrogens (tertiary/aromatic N) is 4. The Labute approximate surface area is 164 Å². The third-order valence-corrected chi connectivity index (χ3v) is 5.13. The number of nitriles is 1. The van der Waals surface area contributed by atoms with Crippen molar-refractivity contribution in [3.05, 3.63) is 98.7 Å². The second kappa shape index (κ2) is 6.14. The summed E-state index contributed by atoms with van der Waals surface area (Å²) in [5.74, 6) is 0. The van der Waals surface area contributed by atoms with Gasteiger partial charge in [-0.1, -0.05) is 42.5 Å². The van der Waals surface area contributed by atoms with E-state index in [4.69, 9.17) is 0 Å². The number of hydrogen-bond acceptors (Lipinski definition) is 4. The van der Waals surface area contributed by atoms with Crippen molar-refractivity contribution >= 4 is 27.5 Å². The Balaban J connectivity index is 2.08. The third kappa shape index (κ3) is 2.38. The highest BCUT2D eigenvalue weighted by Gasteiger charge is 2.18. The molecule has 0 fully saturated rings. The van der Waals surface area contributed by atoms with Gasteiger partial charge >= 0.3 is 0 Å². The summed E-state index contributed by atoms with van der Waals surface area (Å²) in [6.45, 7) is 1.86. The van der Waals surface area contributed by atoms with Gasteiger partial charge in [0.2, 0.25) is 0 Å². The van der Waals surface area contributed by atoms with E-state index in [1.165, 1.54) is 15.0 Å². The van der Waals surface area contributed by atoms with Gasteiger partial charge in [-0.2, -0.15) is 5.26 Å². The van der Waals surface area contributed by atoms with Gasteiger partial charge in [-0.05, 0) is 36.1 Å². The smallest absolute Gasteiger partial charge is 0.268 e. The number of aromatic nitrogens is 3. The molecule has 6 nitrogen and oxygen atoms in total. The molecule has 0 radical (unpaired) electrons. The number of benzene rings is 2. The van der Waals surface area contributed by atoms with Gasteiger partial charge in [0.25, 0.3) is 11.1 Å². The van der Waals surface area contributed by atoms with Crippen LogP contribution in [0.5, 0.6) is 0 Å². The molecule has 6 heteroatoms. The lowest BCUT2D eigenvalue weighted by Gasteiger charge is -2.14. The number of rotatable bonds is 1. The molecule has 29 heavy (non-hydrogen) atoms. The van der Waals surface area contributed by atoms with Gasteiger partial charge in [-0.15, -0.1) is 0 Å². The van der Waals surface area contributed by atoms with E-state index in [0.29, 0.717) is 11.3 Å². The molecule has 138 valence electrons. The Hall–Kier alpha value is -4.24. The van der Waals surface area contributed by atoms with E-state index in [1.807, 2.05) is 55.5 Å². The van der Waals surface area contributed by atoms with Gasteiger partial charge in [-0.3, -0.25) is 18.6 Å². The van der Waals surface area contributed by atoms with Crippen molar-refractivity contribution in [2.75, 3.05) is 0 Å². The van der Waals surface area contributed by atoms with E-state index in [1.54, 1.807) is 18.3 Å². The Morgan fingerprint density at radius 2 is 1.69 bits per heavy atom. The summed E-state index contributed by atoms with van der Waals surface area (Å²) in [7, 11) is 0. The van der Waals surface area contributed by atoms with Crippen LogP contribution in [0.15, 0.2) is 76.4 Å². The molecule has 0 aliphatic carbocycles. The van der Waals surface area contributed by atoms with Gasteiger partial charge in [0.05, 0.1) is 11.1 Å². The van der Waals surface area contributed by atoms with E-state index < -0.39 is 5.56 Å². The maximum Gasteiger partial charge on any atom is 0.274 e. The predicted octanol–water partition coefficient (Wildman–Crippen LogP) is 3.33. The van der Waals surface area contributed by atoms with Crippen LogP contribution in [0.4, 0.5) is 0 Å². The highest BCUT2D eigenvalue weighted by Crippen LogP contribution is 2.24. The molecule has 0 aliphatic rings. The van der Waals surface area contributed by atoms with Crippen molar-refractivity contribution in [3.63, 3.8) is 0 Å². The standard InChI is InChI=1S/C23H14N4O2/c1-14-6-5-11-26-20(14)25-21-18(23(26)29)12-16(13-24)22(28)27(21)19-10-4-8-15-7-2-3-9-17(15)19/h2-12H,1H3. The quantitative estimate of drug-likeness (QED) is 0.419. The fourth-order valence-corrected chi connectivity index (χ4v) is 3.73. The van der Waals surface area contributed by atoms with Crippen LogP contribution in [0.2, 0.25) is 0 Å². The van der Waals surface area contributed by atoms with Crippen molar-refractivity contribution in [3.8, 4) is 11.8 Å². The number of pyridine rings is 2. The van der Waals surface area contributed by atoms with E-state index in [0.717, 1.165) is 16.3 Å². The number of hydrogen-bond donors (Lipinski definition) is 0. The molecule has 0 bridgehead atoms. The van der Waals surface area contributed by atoms with Gasteiger partial charge in [0, 0.05) is 11.6 Å². The van der Waals surface area contributed by atoms with Crippen molar-refractivity contribution in [1.29, 1.82) is 5.26 Å². The fraction of sp³-hybridized carbons (Fsp3) is 0.0435. The molecule has 0 N–H and O–H groups in total. The van der Waals surface area contributed by atoms with E-state index in [2.05, 4.69) is 4.98 Å². The minimum absolute atomic E-state index is 0.100. The van der Waals surface area contributed by atoms with Crippen molar-refractivity contribution in [2.24, 2.45) is 0 Å². The first kappa shape index (κ1) is 16.9. The minimum Gasteiger partial charge on any atom is -0.268 e. The zero-order valence-electron chi connectivity index (χ0n) is 15.5. The first-order valence-corrected chi connectivity index (χ1v) is 9.06. The van der Waals surface area contributed by atoms with Gasteiger partial charge in [-0.25, -0.2) is 4.98 Å². The Morgan fingerprint density at radius 3 is 2.52 bits per heavy atom. The van der Waals surface area contributed by atoms with Gasteiger partial charge in [0.15, 0.2) is 5.65 Å². The molecule has 0 aliphatic heterocycles. The maximum atomic E-state index is 13.2. The average molecular weight is 378 g/mol. The molecule has 2 aromatic carbocycles. The van der Waals surface area contributed by atoms with Crippen LogP contribution in [0, 0.1) is 18.3 Å². The van der Waals surface area contributed by atoms with Crippen molar-refractivity contribution in [2.45, 2.75) is 6.92 Å². The van der Waals surface area contributed by atoms with E-state index >= 15 is 0 Å². The summed E-state index contributed by atoms with van der Waals surface area (Å²) in [6.07, 6.45) is 1.64. The van der Waals surface area contributed by atoms with Crippen molar-refractivity contribution in [1.82, 2.24) is 14.0 Å². The monoisotopic (exact) mass is 378 g/mol. The molecule has 0 unspecified atom stereocenters. The lowest BCUT2D eigenvalue weighted by molar-refractivity contribution is 0.985. The van der Waals surface area contributed by atoms with Crippen LogP contribution >= 0.6 is 0 Å². The number of aryl methyl sites for hydroxylation is 1. The Morgan fingerprint density at radius 1 is 0.897 bits per heavy atom. The molecule has 0 saturated heterocycles. The molecule has 0 saturated carbocycles. The van der Waals surface area contributed by atoms with Crippen LogP contribution in [-0.2, 0) is 0 Å². The lowest BCUT2D eigenvalue weighted by atomic mass is 10.1. The van der Waals surface area contributed by atoms with Crippen molar-refractivity contribution < 1.29 is 0 Å². The van der Waals surface area contributed by atoms with Crippen LogP contribution in [0.1, 0.15) is 11.1 Å². The number of fused-ring (bicyclic) bond motifs is 3. The molecule has 5 rings (SSSR count). The zero-order chi connectivity index (χ0) is 20.1. The summed E-state index contributed by atoms with van der Waals surface area (Å²) in [5.41, 5.74) is 1.19. The second-order valence-electron chi connectivity index (χ2n) is 6.85. The molecule has 0 amide bonds. The molecule has 0 spiro atoms. The molecular formula is C23H14N4O2. The first-order valence-electron chi connectivity index (χ1n) is 9.06. The van der Waals surface area contributed by atoms with Gasteiger partial charge in [0.1, 0.15) is 17.3 Å². The van der Waals surface area contributed by atoms with Crippen LogP contribution < -0.4 is 11.1 Å². The van der Waals surface area contributed by atoms with Crippen LogP contribution in [-0.4, -0.2) is 14.0 Å². The summed E-state index contributed by atoms with van der Waals surface area (Å²) in [4.78, 5) is 31.0. The fourth-order valence-electron chi connectivity index (χ4n) is 3.73. The summed E-state index contributed by atoms with van der Waals surface area (Å²) in [6, 6.07) is 20.1. The average Bonchev–Trinajstić information content (AvgIpc) is 2.74. The highest BCUT2D eigenvalue weighted by molar-refractivity contribution is 5.92. The SMILES string of the molecule is Cc1cccn2c(=O)c3cc(C#N)c(=O)n(-c4cccc5ccccc45)c3nc12. The third-order valence-electron chi connectivity index (χ3n) is 5.13. The maximum absolute atomic E-state index is 13.2. The summed E-state index contributed by atoms with van der Waals surface area (Å²) < 4.78 is 2.82. The molecule has 3 heterocycles. The molecular weight excluding hydrogens is 364 g/mol. The summed E-state index contributed by atoms with van der Waals surface area (Å²) in [5, 5.41) is 11.5. The second-order valence-corrected chi connectivity index (χ2v) is 6.85. The van der Waals surface area contributed by atoms with Gasteiger partial charge < -0.3 is 0 Å². The minimum atomic E-state index is -0.499. The molecule has 3 aromatic heterocycles. The normalized spacial score (nSPS) is 11.2. The summed E-state index contributed by atoms with van der Waals surface area (Å²) >= 11 is 0. The molecule has 5 aromatic rings. The van der Waals surface area contributed by atoms with E-state index in [9.17, 15) is 14.9 Å². The largest absolute Gasteiger partial charge is 0.274 e. The van der Waals surface area contributed by atoms with E-state index in [-0.39, 0.29) is 22.2 Å². The van der Waals surface area contributed by atoms with Crippen LogP contribution in [0.3, 0.4) is 0 Å². The Bertz CT molecular complexity index is 1620. The zero-order valence-corrected chi connectivity index (χ0v) is 15.5. The molecule has 0 atom stereocenters.